The van der Waals surface area contributed by atoms with Gasteiger partial charge in [-0.3, -0.25) is 9.69 Å². The van der Waals surface area contributed by atoms with Gasteiger partial charge in [0.2, 0.25) is 0 Å². The Morgan fingerprint density at radius 3 is 2.52 bits per heavy atom. The number of aromatic nitrogens is 3. The third-order valence-electron chi connectivity index (χ3n) is 5.86. The summed E-state index contributed by atoms with van der Waals surface area (Å²) in [5, 5.41) is 7.31. The van der Waals surface area contributed by atoms with Crippen LogP contribution in [0.2, 0.25) is 0 Å². The van der Waals surface area contributed by atoms with Crippen LogP contribution in [0, 0.1) is 0 Å². The second-order valence-corrected chi connectivity index (χ2v) is 7.45. The molecule has 1 amide bonds. The molecule has 4 rings (SSSR count). The number of morpholine rings is 1. The SMILES string of the molecule is O=C(NCC1(N2CCOCC2)CCCCC1)c1ccc(-n2cncn2)cc1. The molecule has 7 nitrogen and oxygen atoms in total. The summed E-state index contributed by atoms with van der Waals surface area (Å²) in [4.78, 5) is 19.2. The van der Waals surface area contributed by atoms with E-state index in [-0.39, 0.29) is 11.4 Å². The summed E-state index contributed by atoms with van der Waals surface area (Å²) in [6.45, 7) is 4.21. The van der Waals surface area contributed by atoms with Gasteiger partial charge in [-0.05, 0) is 37.1 Å². The third kappa shape index (κ3) is 4.04. The zero-order chi connectivity index (χ0) is 18.5. The smallest absolute Gasteiger partial charge is 0.251 e. The van der Waals surface area contributed by atoms with Gasteiger partial charge in [0, 0.05) is 30.7 Å². The van der Waals surface area contributed by atoms with Crippen LogP contribution in [-0.4, -0.2) is 64.0 Å². The molecule has 2 aliphatic rings. The fourth-order valence-electron chi connectivity index (χ4n) is 4.31. The predicted octanol–water partition coefficient (Wildman–Crippen LogP) is 2.03. The van der Waals surface area contributed by atoms with Crippen molar-refractivity contribution in [1.29, 1.82) is 0 Å². The standard InChI is InChI=1S/C20H27N5O2/c26-19(17-4-6-18(7-5-17)25-16-21-15-23-25)22-14-20(8-2-1-3-9-20)24-10-12-27-13-11-24/h4-7,15-16H,1-3,8-14H2,(H,22,26). The first kappa shape index (κ1) is 18.1. The van der Waals surface area contributed by atoms with Crippen molar-refractivity contribution in [2.45, 2.75) is 37.6 Å². The zero-order valence-electron chi connectivity index (χ0n) is 15.6. The van der Waals surface area contributed by atoms with Crippen LogP contribution >= 0.6 is 0 Å². The minimum Gasteiger partial charge on any atom is -0.379 e. The Morgan fingerprint density at radius 2 is 1.85 bits per heavy atom. The minimum absolute atomic E-state index is 0.0154. The molecule has 1 aromatic heterocycles. The highest BCUT2D eigenvalue weighted by molar-refractivity contribution is 5.94. The molecule has 0 atom stereocenters. The maximum atomic E-state index is 12.7. The number of benzene rings is 1. The van der Waals surface area contributed by atoms with Crippen LogP contribution in [-0.2, 0) is 4.74 Å². The summed E-state index contributed by atoms with van der Waals surface area (Å²) < 4.78 is 7.21. The Morgan fingerprint density at radius 1 is 1.11 bits per heavy atom. The fraction of sp³-hybridized carbons (Fsp3) is 0.550. The molecule has 1 aliphatic carbocycles. The van der Waals surface area contributed by atoms with E-state index in [0.29, 0.717) is 12.1 Å². The molecule has 1 saturated carbocycles. The monoisotopic (exact) mass is 369 g/mol. The normalized spacial score (nSPS) is 20.3. The molecular weight excluding hydrogens is 342 g/mol. The molecule has 2 heterocycles. The van der Waals surface area contributed by atoms with Crippen molar-refractivity contribution in [1.82, 2.24) is 25.0 Å². The van der Waals surface area contributed by atoms with E-state index >= 15 is 0 Å². The van der Waals surface area contributed by atoms with E-state index in [4.69, 9.17) is 4.74 Å². The number of carbonyl (C=O) groups is 1. The van der Waals surface area contributed by atoms with Crippen LogP contribution < -0.4 is 5.32 Å². The third-order valence-corrected chi connectivity index (χ3v) is 5.86. The van der Waals surface area contributed by atoms with Crippen LogP contribution in [0.1, 0.15) is 42.5 Å². The fourth-order valence-corrected chi connectivity index (χ4v) is 4.31. The molecule has 0 unspecified atom stereocenters. The van der Waals surface area contributed by atoms with Crippen molar-refractivity contribution < 1.29 is 9.53 Å². The number of carbonyl (C=O) groups excluding carboxylic acids is 1. The number of amides is 1. The number of ether oxygens (including phenoxy) is 1. The van der Waals surface area contributed by atoms with Gasteiger partial charge in [-0.1, -0.05) is 19.3 Å². The van der Waals surface area contributed by atoms with Crippen LogP contribution in [0.3, 0.4) is 0 Å². The number of nitrogens with one attached hydrogen (secondary N) is 1. The molecule has 1 saturated heterocycles. The van der Waals surface area contributed by atoms with Gasteiger partial charge in [-0.2, -0.15) is 5.10 Å². The number of nitrogens with zero attached hydrogens (tertiary/aromatic N) is 4. The zero-order valence-corrected chi connectivity index (χ0v) is 15.6. The molecule has 2 fully saturated rings. The quantitative estimate of drug-likeness (QED) is 0.873. The molecule has 27 heavy (non-hydrogen) atoms. The first-order chi connectivity index (χ1) is 13.3. The Bertz CT molecular complexity index is 732. The molecule has 1 N–H and O–H groups in total. The van der Waals surface area contributed by atoms with Crippen molar-refractivity contribution in [3.05, 3.63) is 42.5 Å². The molecule has 1 aliphatic heterocycles. The first-order valence-electron chi connectivity index (χ1n) is 9.83. The Hall–Kier alpha value is -2.25. The van der Waals surface area contributed by atoms with E-state index in [1.165, 1.54) is 25.6 Å². The van der Waals surface area contributed by atoms with Gasteiger partial charge in [0.25, 0.3) is 5.91 Å². The average molecular weight is 369 g/mol. The van der Waals surface area contributed by atoms with Crippen LogP contribution in [0.15, 0.2) is 36.9 Å². The Kier molecular flexibility index (Phi) is 5.50. The van der Waals surface area contributed by atoms with Crippen molar-refractivity contribution in [3.8, 4) is 5.69 Å². The van der Waals surface area contributed by atoms with Crippen molar-refractivity contribution in [2.24, 2.45) is 0 Å². The predicted molar refractivity (Wildman–Crippen MR) is 102 cm³/mol. The maximum Gasteiger partial charge on any atom is 0.251 e. The lowest BCUT2D eigenvalue weighted by Crippen LogP contribution is -2.59. The second kappa shape index (κ2) is 8.19. The first-order valence-corrected chi connectivity index (χ1v) is 9.83. The van der Waals surface area contributed by atoms with Crippen LogP contribution in [0.5, 0.6) is 0 Å². The molecule has 0 bridgehead atoms. The van der Waals surface area contributed by atoms with Crippen molar-refractivity contribution >= 4 is 5.91 Å². The summed E-state index contributed by atoms with van der Waals surface area (Å²) in [6, 6.07) is 7.47. The topological polar surface area (TPSA) is 72.3 Å². The summed E-state index contributed by atoms with van der Waals surface area (Å²) in [5.74, 6) is -0.0154. The summed E-state index contributed by atoms with van der Waals surface area (Å²) in [5.41, 5.74) is 1.64. The molecule has 7 heteroatoms. The molecule has 1 aromatic carbocycles. The number of hydrogen-bond acceptors (Lipinski definition) is 5. The lowest BCUT2D eigenvalue weighted by Gasteiger charge is -2.48. The number of rotatable bonds is 5. The van der Waals surface area contributed by atoms with Gasteiger partial charge in [-0.25, -0.2) is 9.67 Å². The molecule has 144 valence electrons. The average Bonchev–Trinajstić information content (AvgIpc) is 3.28. The highest BCUT2D eigenvalue weighted by Crippen LogP contribution is 2.34. The van der Waals surface area contributed by atoms with Crippen LogP contribution in [0.4, 0.5) is 0 Å². The van der Waals surface area contributed by atoms with E-state index in [0.717, 1.165) is 44.8 Å². The van der Waals surface area contributed by atoms with Gasteiger partial charge >= 0.3 is 0 Å². The van der Waals surface area contributed by atoms with Gasteiger partial charge in [0.05, 0.1) is 18.9 Å². The van der Waals surface area contributed by atoms with E-state index < -0.39 is 0 Å². The molecular formula is C20H27N5O2. The largest absolute Gasteiger partial charge is 0.379 e. The maximum absolute atomic E-state index is 12.7. The molecule has 0 radical (unpaired) electrons. The number of hydrogen-bond donors (Lipinski definition) is 1. The molecule has 0 spiro atoms. The van der Waals surface area contributed by atoms with Crippen molar-refractivity contribution in [2.75, 3.05) is 32.8 Å². The molecule has 2 aromatic rings. The highest BCUT2D eigenvalue weighted by atomic mass is 16.5. The van der Waals surface area contributed by atoms with Crippen molar-refractivity contribution in [3.63, 3.8) is 0 Å². The van der Waals surface area contributed by atoms with Gasteiger partial charge in [-0.15, -0.1) is 0 Å². The summed E-state index contributed by atoms with van der Waals surface area (Å²) >= 11 is 0. The highest BCUT2D eigenvalue weighted by Gasteiger charge is 2.38. The van der Waals surface area contributed by atoms with E-state index in [1.54, 1.807) is 11.0 Å². The lowest BCUT2D eigenvalue weighted by atomic mass is 9.79. The van der Waals surface area contributed by atoms with E-state index in [9.17, 15) is 4.79 Å². The van der Waals surface area contributed by atoms with Gasteiger partial charge < -0.3 is 10.1 Å². The second-order valence-electron chi connectivity index (χ2n) is 7.45. The van der Waals surface area contributed by atoms with E-state index in [1.807, 2.05) is 24.3 Å². The Labute approximate surface area is 159 Å². The van der Waals surface area contributed by atoms with Crippen LogP contribution in [0.25, 0.3) is 5.69 Å². The summed E-state index contributed by atoms with van der Waals surface area (Å²) in [6.07, 6.45) is 9.21. The lowest BCUT2D eigenvalue weighted by molar-refractivity contribution is -0.0361. The summed E-state index contributed by atoms with van der Waals surface area (Å²) in [7, 11) is 0. The minimum atomic E-state index is -0.0154. The Balaban J connectivity index is 1.41. The van der Waals surface area contributed by atoms with Gasteiger partial charge in [0.1, 0.15) is 12.7 Å². The van der Waals surface area contributed by atoms with E-state index in [2.05, 4.69) is 20.3 Å². The van der Waals surface area contributed by atoms with Gasteiger partial charge in [0.15, 0.2) is 0 Å².